The van der Waals surface area contributed by atoms with E-state index in [0.717, 1.165) is 16.7 Å². The van der Waals surface area contributed by atoms with Crippen LogP contribution in [0.15, 0.2) is 33.0 Å². The molecule has 0 unspecified atom stereocenters. The van der Waals surface area contributed by atoms with Gasteiger partial charge in [-0.05, 0) is 98.1 Å². The highest BCUT2D eigenvalue weighted by molar-refractivity contribution is 6.30. The molecule has 48 heavy (non-hydrogen) atoms. The van der Waals surface area contributed by atoms with Crippen LogP contribution < -0.4 is 16.0 Å². The molecule has 2 amide bonds. The number of nitrogens with zero attached hydrogens (tertiary/aromatic N) is 1. The summed E-state index contributed by atoms with van der Waals surface area (Å²) in [5.41, 5.74) is 4.66. The summed E-state index contributed by atoms with van der Waals surface area (Å²) in [4.78, 5) is 59.9. The van der Waals surface area contributed by atoms with Gasteiger partial charge in [0.25, 0.3) is 11.8 Å². The fourth-order valence-corrected chi connectivity index (χ4v) is 6.08. The first-order chi connectivity index (χ1) is 22.6. The summed E-state index contributed by atoms with van der Waals surface area (Å²) < 4.78 is 50.8. The molecule has 3 N–H and O–H groups in total. The Balaban J connectivity index is 1.93. The average Bonchev–Trinajstić information content (AvgIpc) is 3.70. The second-order valence-electron chi connectivity index (χ2n) is 11.5. The molecule has 0 atom stereocenters. The first kappa shape index (κ1) is 35.9. The van der Waals surface area contributed by atoms with Gasteiger partial charge in [-0.25, -0.2) is 4.99 Å². The van der Waals surface area contributed by atoms with E-state index in [1.165, 1.54) is 20.3 Å². The third kappa shape index (κ3) is 7.29. The van der Waals surface area contributed by atoms with E-state index < -0.39 is 29.6 Å². The Morgan fingerprint density at radius 2 is 1.40 bits per heavy atom. The maximum Gasteiger partial charge on any atom is 0.422 e. The van der Waals surface area contributed by atoms with Crippen molar-refractivity contribution >= 4 is 47.7 Å². The number of ether oxygens (including phenoxy) is 2. The lowest BCUT2D eigenvalue weighted by molar-refractivity contribution is -0.141. The molecular weight excluding hydrogens is 629 g/mol. The van der Waals surface area contributed by atoms with Crippen LogP contribution in [0.1, 0.15) is 80.1 Å². The predicted octanol–water partition coefficient (Wildman–Crippen LogP) is 4.23. The summed E-state index contributed by atoms with van der Waals surface area (Å²) in [6.45, 7) is 8.94. The Morgan fingerprint density at radius 1 is 0.792 bits per heavy atom. The van der Waals surface area contributed by atoms with Gasteiger partial charge in [0.05, 0.1) is 19.9 Å². The maximum absolute atomic E-state index is 13.7. The van der Waals surface area contributed by atoms with Crippen LogP contribution in [0.2, 0.25) is 0 Å². The van der Waals surface area contributed by atoms with Crippen LogP contribution in [-0.4, -0.2) is 59.8 Å². The molecule has 0 saturated heterocycles. The summed E-state index contributed by atoms with van der Waals surface area (Å²) in [5, 5.41) is 3.67. The van der Waals surface area contributed by atoms with Gasteiger partial charge < -0.3 is 24.8 Å². The van der Waals surface area contributed by atoms with Crippen molar-refractivity contribution in [3.63, 3.8) is 0 Å². The summed E-state index contributed by atoms with van der Waals surface area (Å²) in [7, 11) is 2.59. The number of halogens is 3. The van der Waals surface area contributed by atoms with Crippen molar-refractivity contribution in [3.8, 4) is 0 Å². The Labute approximate surface area is 275 Å². The van der Waals surface area contributed by atoms with Crippen LogP contribution in [0.4, 0.5) is 13.2 Å². The van der Waals surface area contributed by atoms with Gasteiger partial charge in [-0.15, -0.1) is 0 Å². The Bertz CT molecular complexity index is 1940. The lowest BCUT2D eigenvalue weighted by Crippen LogP contribution is -2.24. The van der Waals surface area contributed by atoms with Gasteiger partial charge in [0.2, 0.25) is 0 Å². The first-order valence-corrected chi connectivity index (χ1v) is 15.6. The number of aliphatic imine (C=N–C) groups is 1. The number of carbonyl (C=O) groups is 4. The van der Waals surface area contributed by atoms with Crippen LogP contribution in [0, 0.1) is 13.8 Å². The number of carbonyl (C=O) groups excluding carboxylic acids is 4. The summed E-state index contributed by atoms with van der Waals surface area (Å²) in [6.07, 6.45) is 1.48. The topological polar surface area (TPSA) is 143 Å². The summed E-state index contributed by atoms with van der Waals surface area (Å²) >= 11 is 0. The van der Waals surface area contributed by atoms with Crippen LogP contribution in [-0.2, 0) is 41.5 Å². The summed E-state index contributed by atoms with van der Waals surface area (Å²) in [5.74, 6) is -2.32. The molecule has 2 aromatic rings. The summed E-state index contributed by atoms with van der Waals surface area (Å²) in [6, 6.07) is 0. The van der Waals surface area contributed by atoms with Gasteiger partial charge in [0.15, 0.2) is 0 Å². The van der Waals surface area contributed by atoms with E-state index >= 15 is 0 Å². The van der Waals surface area contributed by atoms with Gasteiger partial charge in [-0.1, -0.05) is 13.8 Å². The fourth-order valence-electron chi connectivity index (χ4n) is 6.08. The molecule has 0 radical (unpaired) electrons. The number of esters is 2. The molecule has 4 heterocycles. The predicted molar refractivity (Wildman–Crippen MR) is 174 cm³/mol. The normalized spacial score (nSPS) is 16.9. The number of hydrogen-bond acceptors (Lipinski definition) is 6. The zero-order chi connectivity index (χ0) is 35.5. The number of rotatable bonds is 11. The molecule has 0 aromatic carbocycles. The highest BCUT2D eigenvalue weighted by Gasteiger charge is 2.45. The second-order valence-corrected chi connectivity index (χ2v) is 11.5. The van der Waals surface area contributed by atoms with E-state index in [2.05, 4.69) is 20.3 Å². The SMILES string of the molecule is CCC1=C(C)C(/C=c2\[nH]/c(=C\c3[nH]c(/C=C4\NC(=O)C(C(F)(F)F)=C4CC)c(C)c3CCC(=O)OC)c(CCC(=O)OC)c2C)=NC1=O. The molecule has 4 rings (SSSR count). The Hall–Kier alpha value is -4.94. The lowest BCUT2D eigenvalue weighted by Gasteiger charge is -2.07. The minimum Gasteiger partial charge on any atom is -0.469 e. The molecule has 0 saturated carbocycles. The molecule has 0 bridgehead atoms. The zero-order valence-electron chi connectivity index (χ0n) is 28.0. The van der Waals surface area contributed by atoms with E-state index in [0.29, 0.717) is 57.3 Å². The van der Waals surface area contributed by atoms with E-state index in [9.17, 15) is 32.3 Å². The quantitative estimate of drug-likeness (QED) is 0.306. The number of H-pyrrole nitrogens is 2. The molecule has 0 fully saturated rings. The number of nitrogens with one attached hydrogen (secondary N) is 3. The lowest BCUT2D eigenvalue weighted by atomic mass is 10.0. The number of allylic oxidation sites excluding steroid dienone is 2. The Morgan fingerprint density at radius 3 is 1.94 bits per heavy atom. The average molecular weight is 669 g/mol. The third-order valence-electron chi connectivity index (χ3n) is 8.78. The van der Waals surface area contributed by atoms with Crippen molar-refractivity contribution in [1.82, 2.24) is 15.3 Å². The van der Waals surface area contributed by atoms with E-state index in [-0.39, 0.29) is 42.9 Å². The maximum atomic E-state index is 13.7. The molecule has 13 heteroatoms. The number of methoxy groups -OCH3 is 2. The van der Waals surface area contributed by atoms with Crippen molar-refractivity contribution in [3.05, 3.63) is 72.3 Å². The van der Waals surface area contributed by atoms with Crippen LogP contribution >= 0.6 is 0 Å². The van der Waals surface area contributed by atoms with E-state index in [4.69, 9.17) is 9.47 Å². The van der Waals surface area contributed by atoms with Crippen molar-refractivity contribution < 1.29 is 41.8 Å². The molecular formula is C35H39F3N4O6. The number of aromatic amines is 2. The smallest absolute Gasteiger partial charge is 0.422 e. The first-order valence-electron chi connectivity index (χ1n) is 15.6. The van der Waals surface area contributed by atoms with Crippen LogP contribution in [0.5, 0.6) is 0 Å². The standard InChI is InChI=1S/C35H39F3N4O6/c1-8-20-17(3)26(41-33(20)45)14-24-18(4)22(10-12-30(43)47-6)28(39-24)16-29-23(11-13-31(44)48-7)19(5)25(40-29)15-27-21(9-2)32(34(46)42-27)35(36,37)38/h14-16,39-40H,8-13H2,1-7H3,(H,42,46)/b24-14-,27-15-,28-16-. The van der Waals surface area contributed by atoms with Crippen molar-refractivity contribution in [2.45, 2.75) is 79.3 Å². The molecule has 10 nitrogen and oxygen atoms in total. The fraction of sp³-hybridized carbons (Fsp3) is 0.400. The highest BCUT2D eigenvalue weighted by Crippen LogP contribution is 2.37. The van der Waals surface area contributed by atoms with Crippen LogP contribution in [0.3, 0.4) is 0 Å². The molecule has 2 aromatic heterocycles. The van der Waals surface area contributed by atoms with Gasteiger partial charge in [0.1, 0.15) is 5.57 Å². The monoisotopic (exact) mass is 668 g/mol. The van der Waals surface area contributed by atoms with Gasteiger partial charge in [-0.3, -0.25) is 19.2 Å². The molecule has 2 aliphatic heterocycles. The second kappa shape index (κ2) is 14.4. The number of aromatic nitrogens is 2. The highest BCUT2D eigenvalue weighted by atomic mass is 19.4. The van der Waals surface area contributed by atoms with Crippen molar-refractivity contribution in [2.24, 2.45) is 4.99 Å². The van der Waals surface area contributed by atoms with Gasteiger partial charge in [-0.2, -0.15) is 13.2 Å². The Kier molecular flexibility index (Phi) is 10.8. The largest absolute Gasteiger partial charge is 0.469 e. The zero-order valence-corrected chi connectivity index (χ0v) is 28.0. The van der Waals surface area contributed by atoms with E-state index in [1.807, 2.05) is 26.8 Å². The van der Waals surface area contributed by atoms with Crippen molar-refractivity contribution in [1.29, 1.82) is 0 Å². The molecule has 0 aliphatic carbocycles. The number of alkyl halides is 3. The van der Waals surface area contributed by atoms with Crippen LogP contribution in [0.25, 0.3) is 18.2 Å². The molecule has 256 valence electrons. The van der Waals surface area contributed by atoms with Gasteiger partial charge >= 0.3 is 18.1 Å². The van der Waals surface area contributed by atoms with E-state index in [1.54, 1.807) is 19.9 Å². The molecule has 2 aliphatic rings. The number of amides is 2. The van der Waals surface area contributed by atoms with Gasteiger partial charge in [0, 0.05) is 46.2 Å². The third-order valence-corrected chi connectivity index (χ3v) is 8.78. The minimum absolute atomic E-state index is 0.0246. The number of hydrogen-bond donors (Lipinski definition) is 3. The van der Waals surface area contributed by atoms with Crippen molar-refractivity contribution in [2.75, 3.05) is 14.2 Å². The molecule has 0 spiro atoms. The minimum atomic E-state index is -4.81.